The van der Waals surface area contributed by atoms with E-state index in [1.165, 1.54) is 18.4 Å². The van der Waals surface area contributed by atoms with Crippen molar-refractivity contribution in [3.63, 3.8) is 0 Å². The average Bonchev–Trinajstić information content (AvgIpc) is 2.54. The van der Waals surface area contributed by atoms with Crippen LogP contribution >= 0.6 is 15.9 Å². The predicted molar refractivity (Wildman–Crippen MR) is 94.8 cm³/mol. The van der Waals surface area contributed by atoms with E-state index < -0.39 is 5.97 Å². The molecule has 1 saturated heterocycles. The lowest BCUT2D eigenvalue weighted by molar-refractivity contribution is -0.143. The number of rotatable bonds is 8. The molecule has 1 aliphatic rings. The maximum Gasteiger partial charge on any atom is 0.306 e. The van der Waals surface area contributed by atoms with Crippen LogP contribution in [0.5, 0.6) is 5.75 Å². The molecule has 0 aliphatic carbocycles. The third-order valence-corrected chi connectivity index (χ3v) is 4.85. The van der Waals surface area contributed by atoms with Gasteiger partial charge in [-0.15, -0.1) is 0 Å². The van der Waals surface area contributed by atoms with E-state index >= 15 is 0 Å². The number of carboxylic acids is 1. The second-order valence-electron chi connectivity index (χ2n) is 6.20. The number of unbranched alkanes of at least 4 members (excludes halogenated alkanes) is 2. The molecule has 128 valence electrons. The highest BCUT2D eigenvalue weighted by Crippen LogP contribution is 2.27. The van der Waals surface area contributed by atoms with Crippen LogP contribution in [0.25, 0.3) is 0 Å². The fourth-order valence-corrected chi connectivity index (χ4v) is 3.33. The Hall–Kier alpha value is -1.07. The Morgan fingerprint density at radius 3 is 2.74 bits per heavy atom. The molecular weight excluding hydrogens is 358 g/mol. The molecule has 1 aromatic carbocycles. The molecule has 0 bridgehead atoms. The quantitative estimate of drug-likeness (QED) is 0.679. The maximum atomic E-state index is 11.0. The van der Waals surface area contributed by atoms with Crippen molar-refractivity contribution in [3.05, 3.63) is 28.2 Å². The third-order valence-electron chi connectivity index (χ3n) is 4.36. The zero-order valence-electron chi connectivity index (χ0n) is 13.8. The number of piperidine rings is 1. The smallest absolute Gasteiger partial charge is 0.306 e. The zero-order chi connectivity index (χ0) is 16.7. The van der Waals surface area contributed by atoms with Gasteiger partial charge in [-0.25, -0.2) is 0 Å². The molecule has 5 heteroatoms. The van der Waals surface area contributed by atoms with Crippen LogP contribution in [0.15, 0.2) is 22.7 Å². The Kier molecular flexibility index (Phi) is 7.37. The summed E-state index contributed by atoms with van der Waals surface area (Å²) in [5, 5.41) is 9.09. The number of carboxylic acid groups (broad SMARTS) is 1. The topological polar surface area (TPSA) is 49.8 Å². The van der Waals surface area contributed by atoms with Gasteiger partial charge in [-0.3, -0.25) is 9.69 Å². The number of aliphatic carboxylic acids is 1. The number of halogens is 1. The average molecular weight is 384 g/mol. The van der Waals surface area contributed by atoms with Crippen LogP contribution in [0.4, 0.5) is 0 Å². The molecule has 1 N–H and O–H groups in total. The molecule has 1 fully saturated rings. The van der Waals surface area contributed by atoms with Crippen molar-refractivity contribution in [1.82, 2.24) is 4.90 Å². The van der Waals surface area contributed by atoms with Gasteiger partial charge in [0.15, 0.2) is 0 Å². The zero-order valence-corrected chi connectivity index (χ0v) is 15.3. The minimum atomic E-state index is -0.660. The van der Waals surface area contributed by atoms with E-state index in [2.05, 4.69) is 33.8 Å². The maximum absolute atomic E-state index is 11.0. The molecule has 0 radical (unpaired) electrons. The Morgan fingerprint density at radius 1 is 1.35 bits per heavy atom. The first-order valence-electron chi connectivity index (χ1n) is 8.46. The Balaban J connectivity index is 1.93. The van der Waals surface area contributed by atoms with Gasteiger partial charge >= 0.3 is 5.97 Å². The van der Waals surface area contributed by atoms with Crippen LogP contribution in [-0.4, -0.2) is 35.7 Å². The van der Waals surface area contributed by atoms with E-state index in [0.29, 0.717) is 0 Å². The first-order chi connectivity index (χ1) is 11.1. The summed E-state index contributed by atoms with van der Waals surface area (Å²) < 4.78 is 7.00. The predicted octanol–water partition coefficient (Wildman–Crippen LogP) is 4.31. The Bertz CT molecular complexity index is 513. The van der Waals surface area contributed by atoms with E-state index in [-0.39, 0.29) is 5.92 Å². The molecule has 0 aromatic heterocycles. The summed E-state index contributed by atoms with van der Waals surface area (Å²) in [6.07, 6.45) is 4.92. The number of carbonyl (C=O) groups is 1. The minimum Gasteiger partial charge on any atom is -0.493 e. The molecule has 2 rings (SSSR count). The Labute approximate surface area is 147 Å². The first-order valence-corrected chi connectivity index (χ1v) is 9.26. The fraction of sp³-hybridized carbons (Fsp3) is 0.611. The van der Waals surface area contributed by atoms with Crippen molar-refractivity contribution in [2.45, 2.75) is 45.6 Å². The molecule has 4 nitrogen and oxygen atoms in total. The van der Waals surface area contributed by atoms with Gasteiger partial charge in [0.1, 0.15) is 5.75 Å². The summed E-state index contributed by atoms with van der Waals surface area (Å²) in [5.74, 6) is 0.107. The molecule has 0 atom stereocenters. The first kappa shape index (κ1) is 18.3. The largest absolute Gasteiger partial charge is 0.493 e. The van der Waals surface area contributed by atoms with Crippen molar-refractivity contribution >= 4 is 21.9 Å². The summed E-state index contributed by atoms with van der Waals surface area (Å²) >= 11 is 3.53. The van der Waals surface area contributed by atoms with Gasteiger partial charge in [0.2, 0.25) is 0 Å². The fourth-order valence-electron chi connectivity index (χ4n) is 2.93. The van der Waals surface area contributed by atoms with Crippen molar-refractivity contribution in [2.24, 2.45) is 5.92 Å². The highest BCUT2D eigenvalue weighted by molar-refractivity contribution is 9.10. The number of hydrogen-bond acceptors (Lipinski definition) is 3. The number of benzene rings is 1. The number of nitrogens with zero attached hydrogens (tertiary/aromatic N) is 1. The lowest BCUT2D eigenvalue weighted by Gasteiger charge is -2.30. The standard InChI is InChI=1S/C18H26BrNO3/c1-2-3-4-11-23-17-6-5-16(19)12-15(17)13-20-9-7-14(8-10-20)18(21)22/h5-6,12,14H,2-4,7-11,13H2,1H3,(H,21,22). The lowest BCUT2D eigenvalue weighted by Crippen LogP contribution is -2.35. The van der Waals surface area contributed by atoms with E-state index in [1.807, 2.05) is 12.1 Å². The minimum absolute atomic E-state index is 0.182. The summed E-state index contributed by atoms with van der Waals surface area (Å²) in [4.78, 5) is 13.4. The molecule has 0 spiro atoms. The summed E-state index contributed by atoms with van der Waals surface area (Å²) in [6, 6.07) is 6.14. The molecule has 1 heterocycles. The molecule has 0 saturated carbocycles. The molecular formula is C18H26BrNO3. The van der Waals surface area contributed by atoms with Crippen LogP contribution in [0, 0.1) is 5.92 Å². The van der Waals surface area contributed by atoms with Crippen LogP contribution in [-0.2, 0) is 11.3 Å². The third kappa shape index (κ3) is 5.81. The van der Waals surface area contributed by atoms with Gasteiger partial charge in [0.05, 0.1) is 12.5 Å². The van der Waals surface area contributed by atoms with Gasteiger partial charge in [-0.05, 0) is 50.6 Å². The highest BCUT2D eigenvalue weighted by atomic mass is 79.9. The van der Waals surface area contributed by atoms with Gasteiger partial charge in [0.25, 0.3) is 0 Å². The SMILES string of the molecule is CCCCCOc1ccc(Br)cc1CN1CCC(C(=O)O)CC1. The van der Waals surface area contributed by atoms with Gasteiger partial charge < -0.3 is 9.84 Å². The monoisotopic (exact) mass is 383 g/mol. The van der Waals surface area contributed by atoms with Gasteiger partial charge in [0, 0.05) is 16.6 Å². The molecule has 1 aromatic rings. The summed E-state index contributed by atoms with van der Waals surface area (Å²) in [5.41, 5.74) is 1.17. The number of ether oxygens (including phenoxy) is 1. The van der Waals surface area contributed by atoms with E-state index in [1.54, 1.807) is 0 Å². The van der Waals surface area contributed by atoms with Crippen molar-refractivity contribution < 1.29 is 14.6 Å². The van der Waals surface area contributed by atoms with E-state index in [4.69, 9.17) is 9.84 Å². The highest BCUT2D eigenvalue weighted by Gasteiger charge is 2.24. The number of hydrogen-bond donors (Lipinski definition) is 1. The number of likely N-dealkylation sites (tertiary alicyclic amines) is 1. The van der Waals surface area contributed by atoms with Crippen molar-refractivity contribution in [3.8, 4) is 5.75 Å². The second-order valence-corrected chi connectivity index (χ2v) is 7.11. The van der Waals surface area contributed by atoms with Crippen molar-refractivity contribution in [2.75, 3.05) is 19.7 Å². The summed E-state index contributed by atoms with van der Waals surface area (Å²) in [7, 11) is 0. The van der Waals surface area contributed by atoms with Gasteiger partial charge in [-0.2, -0.15) is 0 Å². The van der Waals surface area contributed by atoms with Crippen LogP contribution in [0.1, 0.15) is 44.6 Å². The van der Waals surface area contributed by atoms with Crippen LogP contribution in [0.3, 0.4) is 0 Å². The van der Waals surface area contributed by atoms with Crippen LogP contribution in [0.2, 0.25) is 0 Å². The normalized spacial score (nSPS) is 16.4. The lowest BCUT2D eigenvalue weighted by atomic mass is 9.97. The second kappa shape index (κ2) is 9.28. The van der Waals surface area contributed by atoms with Crippen LogP contribution < -0.4 is 4.74 Å². The van der Waals surface area contributed by atoms with Crippen molar-refractivity contribution in [1.29, 1.82) is 0 Å². The molecule has 1 aliphatic heterocycles. The molecule has 23 heavy (non-hydrogen) atoms. The molecule has 0 unspecified atom stereocenters. The van der Waals surface area contributed by atoms with E-state index in [9.17, 15) is 4.79 Å². The van der Waals surface area contributed by atoms with Gasteiger partial charge in [-0.1, -0.05) is 35.7 Å². The molecule has 0 amide bonds. The Morgan fingerprint density at radius 2 is 2.09 bits per heavy atom. The summed E-state index contributed by atoms with van der Waals surface area (Å²) in [6.45, 7) is 5.42. The van der Waals surface area contributed by atoms with E-state index in [0.717, 1.165) is 55.7 Å².